The maximum Gasteiger partial charge on any atom is 0.323 e. The van der Waals surface area contributed by atoms with E-state index >= 15 is 0 Å². The SMILES string of the molecule is CCN(c1ccc(NC(=O)Nc2ccc(OC(C)C)cc2)cc1[N+](=O)[O-])N1CCOCC1. The van der Waals surface area contributed by atoms with Crippen LogP contribution >= 0.6 is 0 Å². The topological polar surface area (TPSA) is 109 Å². The summed E-state index contributed by atoms with van der Waals surface area (Å²) >= 11 is 0. The van der Waals surface area contributed by atoms with Gasteiger partial charge in [0.2, 0.25) is 0 Å². The first-order chi connectivity index (χ1) is 15.4. The number of rotatable bonds is 8. The molecule has 172 valence electrons. The van der Waals surface area contributed by atoms with Crippen LogP contribution in [0.3, 0.4) is 0 Å². The van der Waals surface area contributed by atoms with E-state index in [2.05, 4.69) is 10.6 Å². The molecule has 2 aromatic rings. The van der Waals surface area contributed by atoms with Crippen LogP contribution in [0.4, 0.5) is 27.5 Å². The third-order valence-electron chi connectivity index (χ3n) is 4.82. The number of nitrogens with one attached hydrogen (secondary N) is 2. The van der Waals surface area contributed by atoms with Crippen molar-refractivity contribution in [3.63, 3.8) is 0 Å². The summed E-state index contributed by atoms with van der Waals surface area (Å²) in [5, 5.41) is 21.0. The molecular formula is C22H29N5O5. The summed E-state index contributed by atoms with van der Waals surface area (Å²) in [7, 11) is 0. The first-order valence-electron chi connectivity index (χ1n) is 10.6. The Morgan fingerprint density at radius 1 is 1.16 bits per heavy atom. The second kappa shape index (κ2) is 10.8. The fourth-order valence-electron chi connectivity index (χ4n) is 3.47. The van der Waals surface area contributed by atoms with Crippen molar-refractivity contribution in [1.82, 2.24) is 5.01 Å². The molecular weight excluding hydrogens is 414 g/mol. The van der Waals surface area contributed by atoms with Crippen LogP contribution in [-0.2, 0) is 4.74 Å². The molecule has 32 heavy (non-hydrogen) atoms. The van der Waals surface area contributed by atoms with Crippen molar-refractivity contribution in [1.29, 1.82) is 0 Å². The fraction of sp³-hybridized carbons (Fsp3) is 0.409. The van der Waals surface area contributed by atoms with Gasteiger partial charge in [-0.25, -0.2) is 9.80 Å². The Labute approximate surface area is 187 Å². The summed E-state index contributed by atoms with van der Waals surface area (Å²) in [6.07, 6.45) is 0.0581. The van der Waals surface area contributed by atoms with Gasteiger partial charge in [-0.05, 0) is 57.2 Å². The minimum absolute atomic E-state index is 0.0581. The van der Waals surface area contributed by atoms with E-state index in [9.17, 15) is 14.9 Å². The number of hydrazine groups is 1. The first-order valence-corrected chi connectivity index (χ1v) is 10.6. The second-order valence-electron chi connectivity index (χ2n) is 7.51. The highest BCUT2D eigenvalue weighted by molar-refractivity contribution is 6.00. The van der Waals surface area contributed by atoms with Crippen LogP contribution in [0, 0.1) is 10.1 Å². The third-order valence-corrected chi connectivity index (χ3v) is 4.82. The molecule has 0 spiro atoms. The molecule has 0 bridgehead atoms. The van der Waals surface area contributed by atoms with E-state index in [-0.39, 0.29) is 11.8 Å². The quantitative estimate of drug-likeness (QED) is 0.467. The van der Waals surface area contributed by atoms with Gasteiger partial charge in [-0.2, -0.15) is 0 Å². The number of urea groups is 1. The van der Waals surface area contributed by atoms with Crippen LogP contribution in [0.1, 0.15) is 20.8 Å². The molecule has 2 N–H and O–H groups in total. The van der Waals surface area contributed by atoms with E-state index in [1.807, 2.05) is 30.8 Å². The predicted octanol–water partition coefficient (Wildman–Crippen LogP) is 4.10. The van der Waals surface area contributed by atoms with E-state index in [1.165, 1.54) is 6.07 Å². The molecule has 0 radical (unpaired) electrons. The number of nitro benzene ring substituents is 1. The van der Waals surface area contributed by atoms with Crippen molar-refractivity contribution in [3.05, 3.63) is 52.6 Å². The Morgan fingerprint density at radius 3 is 2.38 bits per heavy atom. The van der Waals surface area contributed by atoms with Crippen molar-refractivity contribution in [2.24, 2.45) is 0 Å². The number of ether oxygens (including phenoxy) is 2. The monoisotopic (exact) mass is 443 g/mol. The number of nitrogens with zero attached hydrogens (tertiary/aromatic N) is 3. The Kier molecular flexibility index (Phi) is 7.85. The van der Waals surface area contributed by atoms with Gasteiger partial charge < -0.3 is 20.1 Å². The van der Waals surface area contributed by atoms with Gasteiger partial charge in [-0.15, -0.1) is 0 Å². The van der Waals surface area contributed by atoms with E-state index in [4.69, 9.17) is 9.47 Å². The molecule has 2 amide bonds. The highest BCUT2D eigenvalue weighted by Crippen LogP contribution is 2.32. The van der Waals surface area contributed by atoms with E-state index in [0.29, 0.717) is 55.7 Å². The highest BCUT2D eigenvalue weighted by atomic mass is 16.6. The molecule has 0 unspecified atom stereocenters. The van der Waals surface area contributed by atoms with Crippen molar-refractivity contribution >= 4 is 28.8 Å². The molecule has 0 saturated carbocycles. The Hall–Kier alpha value is -3.37. The molecule has 1 heterocycles. The lowest BCUT2D eigenvalue weighted by molar-refractivity contribution is -0.384. The van der Waals surface area contributed by atoms with Gasteiger partial charge in [-0.1, -0.05) is 0 Å². The first kappa shape index (κ1) is 23.3. The largest absolute Gasteiger partial charge is 0.491 e. The minimum Gasteiger partial charge on any atom is -0.491 e. The maximum absolute atomic E-state index is 12.4. The summed E-state index contributed by atoms with van der Waals surface area (Å²) in [5.74, 6) is 0.706. The van der Waals surface area contributed by atoms with Gasteiger partial charge in [0.15, 0.2) is 0 Å². The van der Waals surface area contributed by atoms with Crippen LogP contribution in [0.2, 0.25) is 0 Å². The normalized spacial score (nSPS) is 14.1. The average Bonchev–Trinajstić information content (AvgIpc) is 2.76. The molecule has 1 saturated heterocycles. The molecule has 1 aliphatic heterocycles. The summed E-state index contributed by atoms with van der Waals surface area (Å²) in [6.45, 7) is 8.86. The molecule has 0 atom stereocenters. The Bertz CT molecular complexity index is 929. The third kappa shape index (κ3) is 6.08. The van der Waals surface area contributed by atoms with Crippen LogP contribution in [-0.4, -0.2) is 54.9 Å². The fourth-order valence-corrected chi connectivity index (χ4v) is 3.47. The van der Waals surface area contributed by atoms with E-state index in [0.717, 1.165) is 0 Å². The highest BCUT2D eigenvalue weighted by Gasteiger charge is 2.25. The van der Waals surface area contributed by atoms with Crippen LogP contribution < -0.4 is 20.4 Å². The lowest BCUT2D eigenvalue weighted by atomic mass is 10.2. The second-order valence-corrected chi connectivity index (χ2v) is 7.51. The van der Waals surface area contributed by atoms with Gasteiger partial charge in [-0.3, -0.25) is 15.1 Å². The molecule has 1 fully saturated rings. The number of nitro groups is 1. The number of morpholine rings is 1. The summed E-state index contributed by atoms with van der Waals surface area (Å²) in [6, 6.07) is 11.2. The van der Waals surface area contributed by atoms with Gasteiger partial charge in [0, 0.05) is 37.1 Å². The number of carbonyl (C=O) groups excluding carboxylic acids is 1. The lowest BCUT2D eigenvalue weighted by Gasteiger charge is -2.37. The molecule has 0 aromatic heterocycles. The number of anilines is 3. The predicted molar refractivity (Wildman–Crippen MR) is 123 cm³/mol. The summed E-state index contributed by atoms with van der Waals surface area (Å²) in [5.41, 5.74) is 1.31. The van der Waals surface area contributed by atoms with Crippen LogP contribution in [0.25, 0.3) is 0 Å². The number of hydrogen-bond acceptors (Lipinski definition) is 7. The number of hydrogen-bond donors (Lipinski definition) is 2. The molecule has 3 rings (SSSR count). The summed E-state index contributed by atoms with van der Waals surface area (Å²) in [4.78, 5) is 23.7. The van der Waals surface area contributed by atoms with Crippen molar-refractivity contribution in [2.45, 2.75) is 26.9 Å². The van der Waals surface area contributed by atoms with Gasteiger partial charge >= 0.3 is 6.03 Å². The smallest absolute Gasteiger partial charge is 0.323 e. The van der Waals surface area contributed by atoms with Crippen molar-refractivity contribution in [2.75, 3.05) is 48.5 Å². The molecule has 0 aliphatic carbocycles. The maximum atomic E-state index is 12.4. The molecule has 1 aliphatic rings. The molecule has 10 nitrogen and oxygen atoms in total. The zero-order chi connectivity index (χ0) is 23.1. The average molecular weight is 444 g/mol. The van der Waals surface area contributed by atoms with Gasteiger partial charge in [0.05, 0.1) is 24.2 Å². The zero-order valence-electron chi connectivity index (χ0n) is 18.5. The standard InChI is InChI=1S/C22H29N5O5/c1-4-26(25-11-13-31-14-12-25)20-10-7-18(15-21(20)27(29)30)24-22(28)23-17-5-8-19(9-6-17)32-16(2)3/h5-10,15-16H,4,11-14H2,1-3H3,(H2,23,24,28). The van der Waals surface area contributed by atoms with Crippen molar-refractivity contribution < 1.29 is 19.2 Å². The zero-order valence-corrected chi connectivity index (χ0v) is 18.5. The number of amides is 2. The van der Waals surface area contributed by atoms with Crippen LogP contribution in [0.5, 0.6) is 5.75 Å². The van der Waals surface area contributed by atoms with Crippen molar-refractivity contribution in [3.8, 4) is 5.75 Å². The number of benzene rings is 2. The minimum atomic E-state index is -0.495. The molecule has 2 aromatic carbocycles. The Morgan fingerprint density at radius 2 is 1.78 bits per heavy atom. The number of carbonyl (C=O) groups is 1. The Balaban J connectivity index is 1.70. The lowest BCUT2D eigenvalue weighted by Crippen LogP contribution is -2.49. The summed E-state index contributed by atoms with van der Waals surface area (Å²) < 4.78 is 11.0. The van der Waals surface area contributed by atoms with E-state index in [1.54, 1.807) is 36.4 Å². The van der Waals surface area contributed by atoms with Crippen LogP contribution in [0.15, 0.2) is 42.5 Å². The molecule has 10 heteroatoms. The van der Waals surface area contributed by atoms with Gasteiger partial charge in [0.1, 0.15) is 11.4 Å². The van der Waals surface area contributed by atoms with E-state index < -0.39 is 11.0 Å². The van der Waals surface area contributed by atoms with Gasteiger partial charge in [0.25, 0.3) is 5.69 Å².